The molecule has 4 aromatic carbocycles. The average molecular weight is 571 g/mol. The molecular weight excluding hydrogens is 540 g/mol. The van der Waals surface area contributed by atoms with E-state index in [1.165, 1.54) is 0 Å². The number of ether oxygens (including phenoxy) is 2. The number of Topliss-reactive ketones (excluding diaryl/α,β-unsaturated/α-hetero) is 2. The van der Waals surface area contributed by atoms with Gasteiger partial charge < -0.3 is 19.7 Å². The standard InChI is InChI=1S/C36H30N2O5/c1-21-18-30-36(27-15-5-6-16-28(27)37-35(36)41)31(33(39)22-10-8-12-24(19-22)42-2)32(38(30)29-17-7-4-14-26(21)29)34(40)23-11-9-13-25(20-23)43-3/h4-20,30-32H,1-3H3,(H,37,41)/t30-,31-,32-,36-/m0/s1. The molecule has 3 aliphatic heterocycles. The third kappa shape index (κ3) is 3.77. The molecular formula is C36H30N2O5. The second kappa shape index (κ2) is 9.98. The monoisotopic (exact) mass is 570 g/mol. The number of carbonyl (C=O) groups excluding carboxylic acids is 3. The predicted molar refractivity (Wildman–Crippen MR) is 165 cm³/mol. The predicted octanol–water partition coefficient (Wildman–Crippen LogP) is 5.95. The van der Waals surface area contributed by atoms with E-state index in [1.807, 2.05) is 60.4 Å². The molecule has 3 heterocycles. The minimum Gasteiger partial charge on any atom is -0.497 e. The highest BCUT2D eigenvalue weighted by atomic mass is 16.5. The largest absolute Gasteiger partial charge is 0.497 e. The van der Waals surface area contributed by atoms with E-state index in [-0.39, 0.29) is 17.5 Å². The Bertz CT molecular complexity index is 1840. The van der Waals surface area contributed by atoms with E-state index in [0.29, 0.717) is 33.9 Å². The van der Waals surface area contributed by atoms with Gasteiger partial charge in [0.25, 0.3) is 0 Å². The number of nitrogens with zero attached hydrogens (tertiary/aromatic N) is 1. The fourth-order valence-electron chi connectivity index (χ4n) is 7.29. The van der Waals surface area contributed by atoms with Gasteiger partial charge in [-0.1, -0.05) is 66.7 Å². The van der Waals surface area contributed by atoms with E-state index in [4.69, 9.17) is 9.47 Å². The number of nitrogens with one attached hydrogen (secondary N) is 1. The Kier molecular flexibility index (Phi) is 6.20. The summed E-state index contributed by atoms with van der Waals surface area (Å²) in [6.07, 6.45) is 2.05. The molecule has 1 spiro atoms. The summed E-state index contributed by atoms with van der Waals surface area (Å²) in [6, 6.07) is 27.6. The van der Waals surface area contributed by atoms with Crippen molar-refractivity contribution in [2.24, 2.45) is 5.92 Å². The van der Waals surface area contributed by atoms with Gasteiger partial charge in [0.1, 0.15) is 23.0 Å². The van der Waals surface area contributed by atoms with Crippen molar-refractivity contribution < 1.29 is 23.9 Å². The number of rotatable bonds is 6. The molecule has 7 rings (SSSR count). The van der Waals surface area contributed by atoms with Crippen LogP contribution in [-0.2, 0) is 10.2 Å². The summed E-state index contributed by atoms with van der Waals surface area (Å²) in [5.74, 6) is -0.878. The lowest BCUT2D eigenvalue weighted by molar-refractivity contribution is -0.121. The Labute approximate surface area is 249 Å². The van der Waals surface area contributed by atoms with Gasteiger partial charge in [-0.15, -0.1) is 0 Å². The molecule has 0 unspecified atom stereocenters. The molecule has 43 heavy (non-hydrogen) atoms. The number of fused-ring (bicyclic) bond motifs is 6. The highest BCUT2D eigenvalue weighted by Gasteiger charge is 2.70. The quantitative estimate of drug-likeness (QED) is 0.289. The van der Waals surface area contributed by atoms with Crippen LogP contribution in [0.1, 0.15) is 38.8 Å². The number of ketones is 2. The van der Waals surface area contributed by atoms with Gasteiger partial charge in [-0.3, -0.25) is 14.4 Å². The van der Waals surface area contributed by atoms with E-state index in [0.717, 1.165) is 16.8 Å². The van der Waals surface area contributed by atoms with Crippen LogP contribution in [0.25, 0.3) is 5.57 Å². The topological polar surface area (TPSA) is 84.9 Å². The van der Waals surface area contributed by atoms with Crippen LogP contribution < -0.4 is 19.7 Å². The number of allylic oxidation sites excluding steroid dienone is 1. The van der Waals surface area contributed by atoms with Crippen molar-refractivity contribution in [2.45, 2.75) is 24.4 Å². The third-order valence-electron chi connectivity index (χ3n) is 9.14. The summed E-state index contributed by atoms with van der Waals surface area (Å²) in [5, 5.41) is 3.08. The van der Waals surface area contributed by atoms with E-state index >= 15 is 0 Å². The molecule has 7 nitrogen and oxygen atoms in total. The fraction of sp³-hybridized carbons (Fsp3) is 0.194. The number of carbonyl (C=O) groups is 3. The Morgan fingerprint density at radius 1 is 0.791 bits per heavy atom. The molecule has 1 amide bonds. The van der Waals surface area contributed by atoms with E-state index in [9.17, 15) is 14.4 Å². The van der Waals surface area contributed by atoms with Crippen LogP contribution in [0.5, 0.6) is 11.5 Å². The van der Waals surface area contributed by atoms with Crippen LogP contribution in [0.15, 0.2) is 103 Å². The second-order valence-electron chi connectivity index (χ2n) is 11.2. The van der Waals surface area contributed by atoms with Crippen LogP contribution in [0.3, 0.4) is 0 Å². The summed E-state index contributed by atoms with van der Waals surface area (Å²) < 4.78 is 10.9. The first kappa shape index (κ1) is 26.7. The Morgan fingerprint density at radius 2 is 1.42 bits per heavy atom. The van der Waals surface area contributed by atoms with Crippen LogP contribution in [-0.4, -0.2) is 43.8 Å². The average Bonchev–Trinajstić information content (AvgIpc) is 3.52. The first-order valence-corrected chi connectivity index (χ1v) is 14.2. The summed E-state index contributed by atoms with van der Waals surface area (Å²) >= 11 is 0. The number of hydrogen-bond acceptors (Lipinski definition) is 6. The fourth-order valence-corrected chi connectivity index (χ4v) is 7.29. The molecule has 4 atom stereocenters. The number of benzene rings is 4. The molecule has 0 bridgehead atoms. The number of para-hydroxylation sites is 2. The van der Waals surface area contributed by atoms with Gasteiger partial charge >= 0.3 is 0 Å². The van der Waals surface area contributed by atoms with E-state index < -0.39 is 23.4 Å². The molecule has 214 valence electrons. The van der Waals surface area contributed by atoms with E-state index in [2.05, 4.69) is 11.4 Å². The van der Waals surface area contributed by atoms with Crippen molar-refractivity contribution >= 4 is 34.4 Å². The smallest absolute Gasteiger partial charge is 0.238 e. The second-order valence-corrected chi connectivity index (χ2v) is 11.2. The van der Waals surface area contributed by atoms with Gasteiger partial charge in [0.05, 0.1) is 26.2 Å². The summed E-state index contributed by atoms with van der Waals surface area (Å²) in [6.45, 7) is 2.01. The summed E-state index contributed by atoms with van der Waals surface area (Å²) in [7, 11) is 3.09. The first-order chi connectivity index (χ1) is 20.9. The zero-order valence-corrected chi connectivity index (χ0v) is 24.0. The van der Waals surface area contributed by atoms with Crippen LogP contribution in [0.4, 0.5) is 11.4 Å². The lowest BCUT2D eigenvalue weighted by atomic mass is 9.64. The minimum absolute atomic E-state index is 0.262. The molecule has 1 saturated heterocycles. The highest BCUT2D eigenvalue weighted by molar-refractivity contribution is 6.18. The number of anilines is 2. The zero-order chi connectivity index (χ0) is 29.9. The molecule has 1 N–H and O–H groups in total. The lowest BCUT2D eigenvalue weighted by Crippen LogP contribution is -2.51. The van der Waals surface area contributed by atoms with Crippen LogP contribution in [0, 0.1) is 5.92 Å². The maximum Gasteiger partial charge on any atom is 0.238 e. The number of amides is 1. The maximum absolute atomic E-state index is 15.0. The van der Waals surface area contributed by atoms with Gasteiger partial charge in [0, 0.05) is 28.1 Å². The number of methoxy groups -OCH3 is 2. The Balaban J connectivity index is 1.55. The zero-order valence-electron chi connectivity index (χ0n) is 24.0. The van der Waals surface area contributed by atoms with Crippen LogP contribution >= 0.6 is 0 Å². The van der Waals surface area contributed by atoms with E-state index in [1.54, 1.807) is 62.8 Å². The van der Waals surface area contributed by atoms with Crippen molar-refractivity contribution in [3.05, 3.63) is 125 Å². The number of hydrogen-bond donors (Lipinski definition) is 1. The van der Waals surface area contributed by atoms with Gasteiger partial charge in [-0.05, 0) is 54.5 Å². The minimum atomic E-state index is -1.38. The first-order valence-electron chi connectivity index (χ1n) is 14.2. The Morgan fingerprint density at radius 3 is 2.12 bits per heavy atom. The van der Waals surface area contributed by atoms with Gasteiger partial charge in [-0.2, -0.15) is 0 Å². The molecule has 0 saturated carbocycles. The molecule has 7 heteroatoms. The summed E-state index contributed by atoms with van der Waals surface area (Å²) in [4.78, 5) is 46.4. The Hall–Kier alpha value is -5.17. The molecule has 0 aromatic heterocycles. The van der Waals surface area contributed by atoms with Crippen molar-refractivity contribution in [3.63, 3.8) is 0 Å². The maximum atomic E-state index is 15.0. The molecule has 0 aliphatic carbocycles. The molecule has 1 fully saturated rings. The van der Waals surface area contributed by atoms with Gasteiger partial charge in [-0.25, -0.2) is 0 Å². The molecule has 4 aromatic rings. The van der Waals surface area contributed by atoms with Gasteiger partial charge in [0.15, 0.2) is 11.6 Å². The summed E-state index contributed by atoms with van der Waals surface area (Å²) in [5.41, 5.74) is 3.50. The highest BCUT2D eigenvalue weighted by Crippen LogP contribution is 2.58. The van der Waals surface area contributed by atoms with Gasteiger partial charge in [0.2, 0.25) is 5.91 Å². The van der Waals surface area contributed by atoms with Crippen molar-refractivity contribution in [2.75, 3.05) is 24.4 Å². The SMILES string of the molecule is COc1cccc(C(=O)[C@@H]2[C@@H](C(=O)c3cccc(OC)c3)[C@@]3(C(=O)Nc4ccccc43)[C@@H]3C=C(C)c4ccccc4N23)c1. The third-order valence-corrected chi connectivity index (χ3v) is 9.14. The van der Waals surface area contributed by atoms with Crippen molar-refractivity contribution in [3.8, 4) is 11.5 Å². The molecule has 3 aliphatic rings. The van der Waals surface area contributed by atoms with Crippen molar-refractivity contribution in [1.29, 1.82) is 0 Å². The molecule has 0 radical (unpaired) electrons. The lowest BCUT2D eigenvalue weighted by Gasteiger charge is -2.39. The van der Waals surface area contributed by atoms with Crippen molar-refractivity contribution in [1.82, 2.24) is 0 Å². The van der Waals surface area contributed by atoms with Crippen LogP contribution in [0.2, 0.25) is 0 Å². The normalized spacial score (nSPS) is 23.1.